The Morgan fingerprint density at radius 3 is 2.61 bits per heavy atom. The zero-order chi connectivity index (χ0) is 13.3. The van der Waals surface area contributed by atoms with E-state index in [0.29, 0.717) is 11.8 Å². The van der Waals surface area contributed by atoms with E-state index in [4.69, 9.17) is 0 Å². The van der Waals surface area contributed by atoms with Crippen LogP contribution in [0, 0.1) is 25.7 Å². The van der Waals surface area contributed by atoms with Crippen LogP contribution in [0.4, 0.5) is 0 Å². The van der Waals surface area contributed by atoms with E-state index < -0.39 is 5.60 Å². The van der Waals surface area contributed by atoms with Crippen LogP contribution < -0.4 is 0 Å². The van der Waals surface area contributed by atoms with Gasteiger partial charge >= 0.3 is 0 Å². The molecule has 1 fully saturated rings. The molecule has 2 unspecified atom stereocenters. The quantitative estimate of drug-likeness (QED) is 0.823. The summed E-state index contributed by atoms with van der Waals surface area (Å²) in [6.07, 6.45) is 4.48. The van der Waals surface area contributed by atoms with Crippen molar-refractivity contribution < 1.29 is 5.11 Å². The Balaban J connectivity index is 2.47. The summed E-state index contributed by atoms with van der Waals surface area (Å²) in [5, 5.41) is 11.3. The first-order valence-electron chi connectivity index (χ1n) is 7.26. The molecule has 0 aliphatic heterocycles. The number of aryl methyl sites for hydroxylation is 1. The molecule has 1 nitrogen and oxygen atoms in total. The third kappa shape index (κ3) is 2.21. The second-order valence-electron chi connectivity index (χ2n) is 6.27. The molecule has 0 spiro atoms. The summed E-state index contributed by atoms with van der Waals surface area (Å²) in [5.41, 5.74) is 3.12. The Morgan fingerprint density at radius 1 is 1.22 bits per heavy atom. The summed E-state index contributed by atoms with van der Waals surface area (Å²) in [4.78, 5) is 0. The zero-order valence-corrected chi connectivity index (χ0v) is 12.2. The molecule has 0 amide bonds. The lowest BCUT2D eigenvalue weighted by molar-refractivity contribution is -0.0726. The van der Waals surface area contributed by atoms with Crippen molar-refractivity contribution in [2.75, 3.05) is 0 Å². The van der Waals surface area contributed by atoms with Crippen LogP contribution in [0.3, 0.4) is 0 Å². The van der Waals surface area contributed by atoms with Crippen molar-refractivity contribution in [3.8, 4) is 0 Å². The second-order valence-corrected chi connectivity index (χ2v) is 6.27. The van der Waals surface area contributed by atoms with Gasteiger partial charge in [0, 0.05) is 0 Å². The normalized spacial score (nSPS) is 28.7. The molecule has 1 aliphatic rings. The molecule has 18 heavy (non-hydrogen) atoms. The number of hydrogen-bond donors (Lipinski definition) is 1. The Kier molecular flexibility index (Phi) is 3.82. The third-order valence-electron chi connectivity index (χ3n) is 4.81. The first-order chi connectivity index (χ1) is 8.47. The summed E-state index contributed by atoms with van der Waals surface area (Å²) in [7, 11) is 0. The maximum Gasteiger partial charge on any atom is 0.0929 e. The van der Waals surface area contributed by atoms with Gasteiger partial charge in [-0.25, -0.2) is 0 Å². The van der Waals surface area contributed by atoms with Gasteiger partial charge in [0.15, 0.2) is 0 Å². The van der Waals surface area contributed by atoms with E-state index in [1.165, 1.54) is 23.1 Å². The van der Waals surface area contributed by atoms with Crippen LogP contribution in [0.5, 0.6) is 0 Å². The van der Waals surface area contributed by atoms with Crippen LogP contribution in [-0.2, 0) is 5.60 Å². The Bertz CT molecular complexity index is 422. The molecule has 0 radical (unpaired) electrons. The van der Waals surface area contributed by atoms with E-state index in [1.54, 1.807) is 0 Å². The van der Waals surface area contributed by atoms with E-state index in [2.05, 4.69) is 45.9 Å². The van der Waals surface area contributed by atoms with Crippen molar-refractivity contribution in [3.05, 3.63) is 34.9 Å². The number of aliphatic hydroxyl groups is 1. The van der Waals surface area contributed by atoms with Crippen molar-refractivity contribution in [1.29, 1.82) is 0 Å². The predicted molar refractivity (Wildman–Crippen MR) is 76.6 cm³/mol. The van der Waals surface area contributed by atoms with Gasteiger partial charge in [-0.1, -0.05) is 44.9 Å². The van der Waals surface area contributed by atoms with Crippen LogP contribution in [0.25, 0.3) is 0 Å². The van der Waals surface area contributed by atoms with Crippen molar-refractivity contribution in [2.45, 2.75) is 59.0 Å². The first kappa shape index (κ1) is 13.6. The summed E-state index contributed by atoms with van der Waals surface area (Å²) >= 11 is 0. The van der Waals surface area contributed by atoms with E-state index in [-0.39, 0.29) is 0 Å². The molecule has 0 bridgehead atoms. The second kappa shape index (κ2) is 5.05. The molecule has 1 saturated carbocycles. The van der Waals surface area contributed by atoms with E-state index in [0.717, 1.165) is 19.3 Å². The summed E-state index contributed by atoms with van der Waals surface area (Å²) in [6.45, 7) is 8.77. The fraction of sp³-hybridized carbons (Fsp3) is 0.647. The van der Waals surface area contributed by atoms with Crippen LogP contribution in [-0.4, -0.2) is 5.11 Å². The lowest BCUT2D eigenvalue weighted by Gasteiger charge is -2.43. The maximum atomic E-state index is 11.3. The summed E-state index contributed by atoms with van der Waals surface area (Å²) < 4.78 is 0. The summed E-state index contributed by atoms with van der Waals surface area (Å²) in [5.74, 6) is 0.932. The minimum Gasteiger partial charge on any atom is -0.385 e. The van der Waals surface area contributed by atoms with E-state index >= 15 is 0 Å². The van der Waals surface area contributed by atoms with Gasteiger partial charge in [0.1, 0.15) is 0 Å². The Labute approximate surface area is 111 Å². The molecule has 1 aliphatic carbocycles. The molecule has 1 heteroatoms. The maximum absolute atomic E-state index is 11.3. The minimum absolute atomic E-state index is 0.395. The van der Waals surface area contributed by atoms with Crippen LogP contribution in [0.1, 0.15) is 56.2 Å². The Morgan fingerprint density at radius 2 is 1.94 bits per heavy atom. The molecule has 2 rings (SSSR count). The molecule has 0 aromatic heterocycles. The monoisotopic (exact) mass is 246 g/mol. The van der Waals surface area contributed by atoms with Gasteiger partial charge in [0.2, 0.25) is 0 Å². The van der Waals surface area contributed by atoms with Crippen LogP contribution >= 0.6 is 0 Å². The van der Waals surface area contributed by atoms with Gasteiger partial charge in [0.05, 0.1) is 5.60 Å². The van der Waals surface area contributed by atoms with Crippen molar-refractivity contribution in [2.24, 2.45) is 11.8 Å². The van der Waals surface area contributed by atoms with E-state index in [1.807, 2.05) is 0 Å². The molecule has 1 aromatic carbocycles. The Hall–Kier alpha value is -0.820. The molecule has 0 saturated heterocycles. The zero-order valence-electron chi connectivity index (χ0n) is 12.2. The van der Waals surface area contributed by atoms with Gasteiger partial charge < -0.3 is 5.11 Å². The van der Waals surface area contributed by atoms with Gasteiger partial charge in [-0.05, 0) is 55.2 Å². The molecule has 2 atom stereocenters. The highest BCUT2D eigenvalue weighted by atomic mass is 16.3. The molecule has 100 valence electrons. The topological polar surface area (TPSA) is 20.2 Å². The van der Waals surface area contributed by atoms with Crippen molar-refractivity contribution in [3.63, 3.8) is 0 Å². The molecular formula is C17H26O. The molecule has 1 aromatic rings. The first-order valence-corrected chi connectivity index (χ1v) is 7.26. The fourth-order valence-corrected chi connectivity index (χ4v) is 3.62. The number of benzene rings is 1. The van der Waals surface area contributed by atoms with Gasteiger partial charge in [0.25, 0.3) is 0 Å². The average molecular weight is 246 g/mol. The number of rotatable bonds is 2. The molecular weight excluding hydrogens is 220 g/mol. The standard InChI is InChI=1S/C17H26O/c1-12(2)15-9-5-6-11-17(15,18)16-10-7-8-13(3)14(16)4/h7-8,10,12,15,18H,5-6,9,11H2,1-4H3. The van der Waals surface area contributed by atoms with Crippen LogP contribution in [0.2, 0.25) is 0 Å². The SMILES string of the molecule is Cc1cccc(C2(O)CCCCC2C(C)C)c1C. The average Bonchev–Trinajstić information content (AvgIpc) is 2.32. The molecule has 0 heterocycles. The minimum atomic E-state index is -0.609. The van der Waals surface area contributed by atoms with Gasteiger partial charge in [-0.2, -0.15) is 0 Å². The smallest absolute Gasteiger partial charge is 0.0929 e. The van der Waals surface area contributed by atoms with Crippen molar-refractivity contribution in [1.82, 2.24) is 0 Å². The van der Waals surface area contributed by atoms with Gasteiger partial charge in [-0.15, -0.1) is 0 Å². The third-order valence-corrected chi connectivity index (χ3v) is 4.81. The fourth-order valence-electron chi connectivity index (χ4n) is 3.62. The van der Waals surface area contributed by atoms with Crippen molar-refractivity contribution >= 4 is 0 Å². The lowest BCUT2D eigenvalue weighted by atomic mass is 9.66. The largest absolute Gasteiger partial charge is 0.385 e. The van der Waals surface area contributed by atoms with E-state index in [9.17, 15) is 5.11 Å². The predicted octanol–water partition coefficient (Wildman–Crippen LogP) is 4.34. The number of hydrogen-bond acceptors (Lipinski definition) is 1. The molecule has 1 N–H and O–H groups in total. The summed E-state index contributed by atoms with van der Waals surface area (Å²) in [6, 6.07) is 6.35. The highest BCUT2D eigenvalue weighted by molar-refractivity contribution is 5.38. The highest BCUT2D eigenvalue weighted by Crippen LogP contribution is 2.46. The lowest BCUT2D eigenvalue weighted by Crippen LogP contribution is -2.41. The van der Waals surface area contributed by atoms with Crippen LogP contribution in [0.15, 0.2) is 18.2 Å². The highest BCUT2D eigenvalue weighted by Gasteiger charge is 2.42. The van der Waals surface area contributed by atoms with Gasteiger partial charge in [-0.3, -0.25) is 0 Å².